The molecular formula is C17H30N4. The van der Waals surface area contributed by atoms with Crippen molar-refractivity contribution in [3.8, 4) is 0 Å². The van der Waals surface area contributed by atoms with Gasteiger partial charge in [0.05, 0.1) is 0 Å². The Kier molecular flexibility index (Phi) is 5.83. The Balaban J connectivity index is 2.18. The largest absolute Gasteiger partial charge is 0.370 e. The van der Waals surface area contributed by atoms with Crippen LogP contribution in [0.15, 0.2) is 6.33 Å². The van der Waals surface area contributed by atoms with Gasteiger partial charge in [-0.25, -0.2) is 9.97 Å². The van der Waals surface area contributed by atoms with Crippen LogP contribution in [0.25, 0.3) is 0 Å². The minimum absolute atomic E-state index is 0.434. The molecule has 0 aromatic carbocycles. The number of piperidine rings is 1. The van der Waals surface area contributed by atoms with Gasteiger partial charge in [0.1, 0.15) is 18.0 Å². The van der Waals surface area contributed by atoms with Crippen molar-refractivity contribution in [3.05, 3.63) is 11.9 Å². The minimum atomic E-state index is 0.434. The van der Waals surface area contributed by atoms with Gasteiger partial charge >= 0.3 is 0 Å². The molecule has 0 unspecified atom stereocenters. The van der Waals surface area contributed by atoms with Gasteiger partial charge in [-0.15, -0.1) is 0 Å². The third-order valence-corrected chi connectivity index (χ3v) is 4.40. The summed E-state index contributed by atoms with van der Waals surface area (Å²) < 4.78 is 0. The average molecular weight is 290 g/mol. The van der Waals surface area contributed by atoms with Gasteiger partial charge in [0.15, 0.2) is 0 Å². The van der Waals surface area contributed by atoms with Crippen LogP contribution in [-0.4, -0.2) is 29.6 Å². The Morgan fingerprint density at radius 2 is 1.95 bits per heavy atom. The third kappa shape index (κ3) is 3.86. The Labute approximate surface area is 129 Å². The van der Waals surface area contributed by atoms with Crippen LogP contribution in [0.4, 0.5) is 11.6 Å². The smallest absolute Gasteiger partial charge is 0.137 e. The van der Waals surface area contributed by atoms with E-state index in [1.165, 1.54) is 31.2 Å². The van der Waals surface area contributed by atoms with Gasteiger partial charge in [0.25, 0.3) is 0 Å². The first-order valence-corrected chi connectivity index (χ1v) is 8.51. The number of aromatic nitrogens is 2. The van der Waals surface area contributed by atoms with Crippen molar-refractivity contribution in [2.75, 3.05) is 29.9 Å². The molecule has 1 aliphatic rings. The van der Waals surface area contributed by atoms with Crippen molar-refractivity contribution in [2.45, 2.75) is 59.3 Å². The van der Waals surface area contributed by atoms with E-state index in [-0.39, 0.29) is 0 Å². The molecule has 118 valence electrons. The van der Waals surface area contributed by atoms with Crippen LogP contribution < -0.4 is 10.2 Å². The molecule has 21 heavy (non-hydrogen) atoms. The summed E-state index contributed by atoms with van der Waals surface area (Å²) in [6.45, 7) is 12.0. The van der Waals surface area contributed by atoms with Gasteiger partial charge in [-0.3, -0.25) is 0 Å². The second kappa shape index (κ2) is 7.62. The highest BCUT2D eigenvalue weighted by molar-refractivity contribution is 5.60. The lowest BCUT2D eigenvalue weighted by molar-refractivity contribution is 0.377. The lowest BCUT2D eigenvalue weighted by atomic mass is 9.92. The Hall–Kier alpha value is -1.32. The van der Waals surface area contributed by atoms with Gasteiger partial charge in [-0.05, 0) is 31.6 Å². The summed E-state index contributed by atoms with van der Waals surface area (Å²) in [6, 6.07) is 0. The molecule has 1 aliphatic heterocycles. The van der Waals surface area contributed by atoms with Crippen molar-refractivity contribution in [3.63, 3.8) is 0 Å². The molecule has 0 atom stereocenters. The number of nitrogens with one attached hydrogen (secondary N) is 1. The Bertz CT molecular complexity index is 436. The summed E-state index contributed by atoms with van der Waals surface area (Å²) in [4.78, 5) is 11.5. The highest BCUT2D eigenvalue weighted by Gasteiger charge is 2.24. The van der Waals surface area contributed by atoms with Crippen LogP contribution in [0, 0.1) is 5.92 Å². The Morgan fingerprint density at radius 3 is 2.52 bits per heavy atom. The zero-order valence-electron chi connectivity index (χ0n) is 14.0. The van der Waals surface area contributed by atoms with E-state index < -0.39 is 0 Å². The maximum atomic E-state index is 4.61. The molecule has 0 spiro atoms. The summed E-state index contributed by atoms with van der Waals surface area (Å²) in [5.41, 5.74) is 1.27. The maximum absolute atomic E-state index is 4.61. The van der Waals surface area contributed by atoms with E-state index in [2.05, 4.69) is 47.9 Å². The number of nitrogens with zero attached hydrogens (tertiary/aromatic N) is 3. The molecule has 1 aromatic rings. The molecule has 4 heteroatoms. The van der Waals surface area contributed by atoms with Gasteiger partial charge in [0, 0.05) is 25.2 Å². The molecule has 0 saturated carbocycles. The van der Waals surface area contributed by atoms with Crippen molar-refractivity contribution < 1.29 is 0 Å². The average Bonchev–Trinajstić information content (AvgIpc) is 2.48. The first-order valence-electron chi connectivity index (χ1n) is 8.51. The van der Waals surface area contributed by atoms with Gasteiger partial charge in [-0.2, -0.15) is 0 Å². The SMILES string of the molecule is CCCC1CCN(c2ncnc(NCC)c2C(C)C)CC1. The number of anilines is 2. The zero-order valence-corrected chi connectivity index (χ0v) is 14.0. The number of hydrogen-bond donors (Lipinski definition) is 1. The first-order chi connectivity index (χ1) is 10.2. The van der Waals surface area contributed by atoms with Crippen molar-refractivity contribution in [2.24, 2.45) is 5.92 Å². The second-order valence-electron chi connectivity index (χ2n) is 6.36. The molecule has 4 nitrogen and oxygen atoms in total. The van der Waals surface area contributed by atoms with Gasteiger partial charge in [-0.1, -0.05) is 33.6 Å². The van der Waals surface area contributed by atoms with Gasteiger partial charge in [0.2, 0.25) is 0 Å². The van der Waals surface area contributed by atoms with E-state index >= 15 is 0 Å². The van der Waals surface area contributed by atoms with Crippen LogP contribution >= 0.6 is 0 Å². The zero-order chi connectivity index (χ0) is 15.2. The second-order valence-corrected chi connectivity index (χ2v) is 6.36. The van der Waals surface area contributed by atoms with Crippen LogP contribution in [0.1, 0.15) is 64.9 Å². The standard InChI is InChI=1S/C17H30N4/c1-5-7-14-8-10-21(11-9-14)17-15(13(3)4)16(18-6-2)19-12-20-17/h12-14H,5-11H2,1-4H3,(H,18,19,20). The fourth-order valence-corrected chi connectivity index (χ4v) is 3.32. The molecule has 1 aromatic heterocycles. The molecule has 2 rings (SSSR count). The molecule has 0 radical (unpaired) electrons. The minimum Gasteiger partial charge on any atom is -0.370 e. The monoisotopic (exact) mass is 290 g/mol. The number of hydrogen-bond acceptors (Lipinski definition) is 4. The van der Waals surface area contributed by atoms with Crippen molar-refractivity contribution in [1.82, 2.24) is 9.97 Å². The maximum Gasteiger partial charge on any atom is 0.137 e. The topological polar surface area (TPSA) is 41.1 Å². The molecule has 0 amide bonds. The lowest BCUT2D eigenvalue weighted by Gasteiger charge is -2.34. The third-order valence-electron chi connectivity index (χ3n) is 4.40. The molecule has 1 saturated heterocycles. The van der Waals surface area contributed by atoms with E-state index in [9.17, 15) is 0 Å². The highest BCUT2D eigenvalue weighted by Crippen LogP contribution is 2.33. The van der Waals surface area contributed by atoms with Crippen LogP contribution in [0.5, 0.6) is 0 Å². The van der Waals surface area contributed by atoms with E-state index in [1.54, 1.807) is 6.33 Å². The summed E-state index contributed by atoms with van der Waals surface area (Å²) in [7, 11) is 0. The number of rotatable bonds is 6. The summed E-state index contributed by atoms with van der Waals surface area (Å²) in [5.74, 6) is 3.49. The summed E-state index contributed by atoms with van der Waals surface area (Å²) in [5, 5.41) is 3.39. The molecule has 1 fully saturated rings. The van der Waals surface area contributed by atoms with E-state index in [0.717, 1.165) is 37.2 Å². The normalized spacial score (nSPS) is 16.5. The fraction of sp³-hybridized carbons (Fsp3) is 0.765. The van der Waals surface area contributed by atoms with Crippen LogP contribution in [0.3, 0.4) is 0 Å². The van der Waals surface area contributed by atoms with E-state index in [4.69, 9.17) is 0 Å². The molecule has 2 heterocycles. The summed E-state index contributed by atoms with van der Waals surface area (Å²) in [6.07, 6.45) is 6.98. The van der Waals surface area contributed by atoms with E-state index in [0.29, 0.717) is 5.92 Å². The van der Waals surface area contributed by atoms with Gasteiger partial charge < -0.3 is 10.2 Å². The lowest BCUT2D eigenvalue weighted by Crippen LogP contribution is -2.35. The quantitative estimate of drug-likeness (QED) is 0.858. The molecule has 0 bridgehead atoms. The predicted octanol–water partition coefficient (Wildman–Crippen LogP) is 4.05. The van der Waals surface area contributed by atoms with E-state index in [1.807, 2.05) is 0 Å². The fourth-order valence-electron chi connectivity index (χ4n) is 3.32. The highest BCUT2D eigenvalue weighted by atomic mass is 15.2. The first kappa shape index (κ1) is 16.1. The van der Waals surface area contributed by atoms with Crippen molar-refractivity contribution >= 4 is 11.6 Å². The predicted molar refractivity (Wildman–Crippen MR) is 90.1 cm³/mol. The summed E-state index contributed by atoms with van der Waals surface area (Å²) >= 11 is 0. The van der Waals surface area contributed by atoms with Crippen molar-refractivity contribution in [1.29, 1.82) is 0 Å². The molecule has 0 aliphatic carbocycles. The molecule has 1 N–H and O–H groups in total. The van der Waals surface area contributed by atoms with Crippen LogP contribution in [0.2, 0.25) is 0 Å². The molecular weight excluding hydrogens is 260 g/mol. The van der Waals surface area contributed by atoms with Crippen LogP contribution in [-0.2, 0) is 0 Å². The Morgan fingerprint density at radius 1 is 1.24 bits per heavy atom.